The van der Waals surface area contributed by atoms with Gasteiger partial charge in [-0.3, -0.25) is 0 Å². The van der Waals surface area contributed by atoms with Crippen LogP contribution in [0.3, 0.4) is 0 Å². The van der Waals surface area contributed by atoms with Crippen molar-refractivity contribution in [3.05, 3.63) is 49.3 Å². The molecule has 1 atom stereocenters. The fourth-order valence-corrected chi connectivity index (χ4v) is 2.72. The lowest BCUT2D eigenvalue weighted by atomic mass is 10.1. The lowest BCUT2D eigenvalue weighted by molar-refractivity contribution is 0.219. The highest BCUT2D eigenvalue weighted by Gasteiger charge is 2.13. The summed E-state index contributed by atoms with van der Waals surface area (Å²) in [6.07, 6.45) is -0.644. The molecule has 0 spiro atoms. The van der Waals surface area contributed by atoms with Gasteiger partial charge in [0.15, 0.2) is 0 Å². The van der Waals surface area contributed by atoms with E-state index in [-0.39, 0.29) is 0 Å². The van der Waals surface area contributed by atoms with Crippen LogP contribution in [0.5, 0.6) is 0 Å². The first-order valence-corrected chi connectivity index (χ1v) is 6.68. The maximum atomic E-state index is 10.0. The Morgan fingerprint density at radius 1 is 1.20 bits per heavy atom. The van der Waals surface area contributed by atoms with Crippen LogP contribution in [0.4, 0.5) is 0 Å². The van der Waals surface area contributed by atoms with Crippen LogP contribution >= 0.6 is 43.2 Å². The fraction of sp³-hybridized carbons (Fsp3) is 0.100. The number of aromatic nitrogens is 1. The summed E-state index contributed by atoms with van der Waals surface area (Å²) in [6.45, 7) is 0. The lowest BCUT2D eigenvalue weighted by Crippen LogP contribution is -1.98. The molecular formula is C10H7Br2NOS. The van der Waals surface area contributed by atoms with E-state index < -0.39 is 6.10 Å². The van der Waals surface area contributed by atoms with Crippen molar-refractivity contribution in [3.63, 3.8) is 0 Å². The van der Waals surface area contributed by atoms with Crippen molar-refractivity contribution in [2.75, 3.05) is 0 Å². The highest BCUT2D eigenvalue weighted by atomic mass is 79.9. The molecule has 0 saturated heterocycles. The fourth-order valence-electron chi connectivity index (χ4n) is 1.18. The molecule has 0 saturated carbocycles. The van der Waals surface area contributed by atoms with Crippen molar-refractivity contribution in [2.24, 2.45) is 0 Å². The number of aliphatic hydroxyl groups excluding tert-OH is 1. The average Bonchev–Trinajstić information content (AvgIpc) is 2.65. The number of hydrogen-bond donors (Lipinski definition) is 1. The largest absolute Gasteiger partial charge is 0.381 e. The highest BCUT2D eigenvalue weighted by Crippen LogP contribution is 2.27. The number of rotatable bonds is 2. The number of hydrogen-bond acceptors (Lipinski definition) is 3. The minimum absolute atomic E-state index is 0.644. The second-order valence-electron chi connectivity index (χ2n) is 2.96. The molecule has 2 aromatic rings. The van der Waals surface area contributed by atoms with Gasteiger partial charge in [-0.05, 0) is 33.6 Å². The topological polar surface area (TPSA) is 33.1 Å². The van der Waals surface area contributed by atoms with Crippen LogP contribution in [-0.4, -0.2) is 10.1 Å². The first kappa shape index (κ1) is 11.3. The Morgan fingerprint density at radius 2 is 1.87 bits per heavy atom. The SMILES string of the molecule is OC(c1ccc(Br)cc1)c1nc(Br)cs1. The van der Waals surface area contributed by atoms with E-state index in [1.165, 1.54) is 11.3 Å². The third-order valence-electron chi connectivity index (χ3n) is 1.91. The number of aliphatic hydroxyl groups is 1. The molecule has 1 aromatic heterocycles. The minimum atomic E-state index is -0.644. The van der Waals surface area contributed by atoms with Gasteiger partial charge in [-0.15, -0.1) is 11.3 Å². The molecule has 15 heavy (non-hydrogen) atoms. The van der Waals surface area contributed by atoms with Crippen LogP contribution in [0.15, 0.2) is 38.7 Å². The van der Waals surface area contributed by atoms with Crippen LogP contribution in [-0.2, 0) is 0 Å². The van der Waals surface area contributed by atoms with E-state index in [9.17, 15) is 5.11 Å². The van der Waals surface area contributed by atoms with Crippen molar-refractivity contribution in [1.29, 1.82) is 0 Å². The standard InChI is InChI=1S/C10H7Br2NOS/c11-7-3-1-6(2-4-7)9(14)10-13-8(12)5-15-10/h1-5,9,14H. The van der Waals surface area contributed by atoms with E-state index in [4.69, 9.17) is 0 Å². The Morgan fingerprint density at radius 3 is 2.40 bits per heavy atom. The first-order chi connectivity index (χ1) is 7.16. The highest BCUT2D eigenvalue weighted by molar-refractivity contribution is 9.10. The zero-order valence-corrected chi connectivity index (χ0v) is 11.5. The molecule has 1 N–H and O–H groups in total. The van der Waals surface area contributed by atoms with Gasteiger partial charge >= 0.3 is 0 Å². The van der Waals surface area contributed by atoms with Gasteiger partial charge in [-0.1, -0.05) is 28.1 Å². The second-order valence-corrected chi connectivity index (χ2v) is 5.58. The smallest absolute Gasteiger partial charge is 0.131 e. The van der Waals surface area contributed by atoms with Crippen LogP contribution in [0, 0.1) is 0 Å². The first-order valence-electron chi connectivity index (χ1n) is 4.21. The van der Waals surface area contributed by atoms with Crippen LogP contribution in [0.1, 0.15) is 16.7 Å². The summed E-state index contributed by atoms with van der Waals surface area (Å²) in [5, 5.41) is 12.6. The molecular weight excluding hydrogens is 342 g/mol. The van der Waals surface area contributed by atoms with Crippen molar-refractivity contribution >= 4 is 43.2 Å². The monoisotopic (exact) mass is 347 g/mol. The third kappa shape index (κ3) is 2.66. The summed E-state index contributed by atoms with van der Waals surface area (Å²) in [4.78, 5) is 4.18. The van der Waals surface area contributed by atoms with E-state index in [1.54, 1.807) is 0 Å². The summed E-state index contributed by atoms with van der Waals surface area (Å²) < 4.78 is 1.76. The summed E-state index contributed by atoms with van der Waals surface area (Å²) in [5.74, 6) is 0. The van der Waals surface area contributed by atoms with E-state index >= 15 is 0 Å². The Kier molecular flexibility index (Phi) is 3.56. The Balaban J connectivity index is 2.28. The van der Waals surface area contributed by atoms with Crippen molar-refractivity contribution in [2.45, 2.75) is 6.10 Å². The van der Waals surface area contributed by atoms with Crippen molar-refractivity contribution in [1.82, 2.24) is 4.98 Å². The number of nitrogens with zero attached hydrogens (tertiary/aromatic N) is 1. The molecule has 0 radical (unpaired) electrons. The molecule has 1 aromatic carbocycles. The number of halogens is 2. The summed E-state index contributed by atoms with van der Waals surface area (Å²) in [6, 6.07) is 7.57. The molecule has 0 aliphatic carbocycles. The van der Waals surface area contributed by atoms with Crippen molar-refractivity contribution in [3.8, 4) is 0 Å². The Labute approximate surface area is 108 Å². The van der Waals surface area contributed by atoms with Gasteiger partial charge in [-0.25, -0.2) is 4.98 Å². The molecule has 2 nitrogen and oxygen atoms in total. The summed E-state index contributed by atoms with van der Waals surface area (Å²) >= 11 is 8.06. The zero-order chi connectivity index (χ0) is 10.8. The third-order valence-corrected chi connectivity index (χ3v) is 4.05. The van der Waals surface area contributed by atoms with E-state index in [2.05, 4.69) is 36.8 Å². The average molecular weight is 349 g/mol. The maximum Gasteiger partial charge on any atom is 0.131 e. The number of thiazole rings is 1. The van der Waals surface area contributed by atoms with Crippen molar-refractivity contribution < 1.29 is 5.11 Å². The zero-order valence-electron chi connectivity index (χ0n) is 7.52. The molecule has 0 fully saturated rings. The number of benzene rings is 1. The van der Waals surface area contributed by atoms with Gasteiger partial charge in [0, 0.05) is 9.85 Å². The molecule has 0 bridgehead atoms. The van der Waals surface area contributed by atoms with E-state index in [0.29, 0.717) is 5.01 Å². The van der Waals surface area contributed by atoms with Crippen LogP contribution in [0.2, 0.25) is 0 Å². The molecule has 0 aliphatic rings. The van der Waals surface area contributed by atoms with Gasteiger partial charge in [0.1, 0.15) is 15.7 Å². The molecule has 78 valence electrons. The van der Waals surface area contributed by atoms with E-state index in [1.807, 2.05) is 29.6 Å². The van der Waals surface area contributed by atoms with Gasteiger partial charge in [0.25, 0.3) is 0 Å². The Bertz CT molecular complexity index is 455. The molecule has 0 aliphatic heterocycles. The normalized spacial score (nSPS) is 12.7. The maximum absolute atomic E-state index is 10.0. The van der Waals surface area contributed by atoms with Gasteiger partial charge in [0.05, 0.1) is 0 Å². The van der Waals surface area contributed by atoms with Gasteiger partial charge in [-0.2, -0.15) is 0 Å². The predicted molar refractivity (Wildman–Crippen MR) is 68.0 cm³/mol. The minimum Gasteiger partial charge on any atom is -0.381 e. The van der Waals surface area contributed by atoms with Crippen LogP contribution in [0.25, 0.3) is 0 Å². The molecule has 2 rings (SSSR count). The Hall–Kier alpha value is -0.230. The summed E-state index contributed by atoms with van der Waals surface area (Å²) in [7, 11) is 0. The molecule has 1 heterocycles. The quantitative estimate of drug-likeness (QED) is 0.896. The molecule has 0 amide bonds. The van der Waals surface area contributed by atoms with Crippen LogP contribution < -0.4 is 0 Å². The lowest BCUT2D eigenvalue weighted by Gasteiger charge is -2.07. The molecule has 1 unspecified atom stereocenters. The van der Waals surface area contributed by atoms with Gasteiger partial charge < -0.3 is 5.11 Å². The van der Waals surface area contributed by atoms with E-state index in [0.717, 1.165) is 14.6 Å². The summed E-state index contributed by atoms with van der Waals surface area (Å²) in [5.41, 5.74) is 0.847. The van der Waals surface area contributed by atoms with Gasteiger partial charge in [0.2, 0.25) is 0 Å². The predicted octanol–water partition coefficient (Wildman–Crippen LogP) is 3.75. The molecule has 5 heteroatoms. The second kappa shape index (κ2) is 4.74.